The van der Waals surface area contributed by atoms with Crippen molar-refractivity contribution in [3.05, 3.63) is 60.4 Å². The minimum absolute atomic E-state index is 0.135. The Morgan fingerprint density at radius 3 is 2.38 bits per heavy atom. The fourth-order valence-electron chi connectivity index (χ4n) is 1.98. The van der Waals surface area contributed by atoms with E-state index in [1.807, 2.05) is 36.2 Å². The maximum Gasteiger partial charge on any atom is 0.179 e. The molecule has 0 atom stereocenters. The lowest BCUT2D eigenvalue weighted by Gasteiger charge is -2.16. The van der Waals surface area contributed by atoms with Gasteiger partial charge in [-0.05, 0) is 31.3 Å². The van der Waals surface area contributed by atoms with Crippen LogP contribution in [0, 0.1) is 0 Å². The van der Waals surface area contributed by atoms with Crippen LogP contribution in [0.15, 0.2) is 59.6 Å². The number of benzene rings is 1. The molecule has 0 aliphatic carbocycles. The molecule has 0 bridgehead atoms. The van der Waals surface area contributed by atoms with Crippen LogP contribution in [0.25, 0.3) is 0 Å². The first-order valence-electron chi connectivity index (χ1n) is 6.94. The van der Waals surface area contributed by atoms with Crippen molar-refractivity contribution in [1.29, 1.82) is 0 Å². The Hall–Kier alpha value is -1.72. The molecule has 1 aromatic heterocycles. The summed E-state index contributed by atoms with van der Waals surface area (Å²) in [7, 11) is -1.26. The second-order valence-electron chi connectivity index (χ2n) is 5.01. The SMILES string of the molecule is CN(CCc1ccccn1)CCS(=O)(=O)c1ccccc1. The molecule has 0 amide bonds. The third kappa shape index (κ3) is 4.95. The summed E-state index contributed by atoms with van der Waals surface area (Å²) < 4.78 is 24.3. The lowest BCUT2D eigenvalue weighted by molar-refractivity contribution is 0.356. The van der Waals surface area contributed by atoms with Crippen LogP contribution >= 0.6 is 0 Å². The van der Waals surface area contributed by atoms with E-state index >= 15 is 0 Å². The molecule has 0 saturated carbocycles. The molecule has 4 nitrogen and oxygen atoms in total. The van der Waals surface area contributed by atoms with Gasteiger partial charge < -0.3 is 4.90 Å². The van der Waals surface area contributed by atoms with E-state index in [9.17, 15) is 8.42 Å². The molecule has 0 fully saturated rings. The van der Waals surface area contributed by atoms with Crippen LogP contribution in [0.4, 0.5) is 0 Å². The average molecular weight is 304 g/mol. The Bertz CT molecular complexity index is 642. The van der Waals surface area contributed by atoms with Gasteiger partial charge in [-0.2, -0.15) is 0 Å². The molecule has 0 saturated heterocycles. The molecule has 112 valence electrons. The van der Waals surface area contributed by atoms with Crippen molar-refractivity contribution >= 4 is 9.84 Å². The third-order valence-corrected chi connectivity index (χ3v) is 5.03. The standard InChI is InChI=1S/C16H20N2O2S/c1-18(12-10-15-7-5-6-11-17-15)13-14-21(19,20)16-8-3-2-4-9-16/h2-9,11H,10,12-14H2,1H3. The molecule has 0 unspecified atom stereocenters. The lowest BCUT2D eigenvalue weighted by Crippen LogP contribution is -2.27. The largest absolute Gasteiger partial charge is 0.305 e. The third-order valence-electron chi connectivity index (χ3n) is 3.32. The first kappa shape index (κ1) is 15.7. The van der Waals surface area contributed by atoms with Gasteiger partial charge in [0, 0.05) is 31.4 Å². The maximum atomic E-state index is 12.2. The van der Waals surface area contributed by atoms with E-state index in [2.05, 4.69) is 4.98 Å². The molecule has 5 heteroatoms. The van der Waals surface area contributed by atoms with Crippen LogP contribution < -0.4 is 0 Å². The minimum atomic E-state index is -3.20. The van der Waals surface area contributed by atoms with Crippen molar-refractivity contribution < 1.29 is 8.42 Å². The molecule has 2 aromatic rings. The molecule has 1 aromatic carbocycles. The second-order valence-corrected chi connectivity index (χ2v) is 7.12. The summed E-state index contributed by atoms with van der Waals surface area (Å²) in [6, 6.07) is 14.4. The molecule has 0 spiro atoms. The molecule has 2 rings (SSSR count). The van der Waals surface area contributed by atoms with E-state index in [0.29, 0.717) is 11.4 Å². The highest BCUT2D eigenvalue weighted by Gasteiger charge is 2.14. The summed E-state index contributed by atoms with van der Waals surface area (Å²) in [5.74, 6) is 0.135. The molecule has 0 aliphatic rings. The zero-order chi connectivity index (χ0) is 15.1. The first-order valence-corrected chi connectivity index (χ1v) is 8.59. The minimum Gasteiger partial charge on any atom is -0.305 e. The van der Waals surface area contributed by atoms with Gasteiger partial charge in [0.1, 0.15) is 0 Å². The molecule has 0 N–H and O–H groups in total. The van der Waals surface area contributed by atoms with Gasteiger partial charge in [0.15, 0.2) is 9.84 Å². The zero-order valence-corrected chi connectivity index (χ0v) is 13.0. The van der Waals surface area contributed by atoms with Crippen molar-refractivity contribution in [3.63, 3.8) is 0 Å². The Labute approximate surface area is 126 Å². The highest BCUT2D eigenvalue weighted by atomic mass is 32.2. The zero-order valence-electron chi connectivity index (χ0n) is 12.1. The molecule has 0 aliphatic heterocycles. The summed E-state index contributed by atoms with van der Waals surface area (Å²) >= 11 is 0. The second kappa shape index (κ2) is 7.33. The van der Waals surface area contributed by atoms with Gasteiger partial charge in [0.05, 0.1) is 10.6 Å². The highest BCUT2D eigenvalue weighted by molar-refractivity contribution is 7.91. The van der Waals surface area contributed by atoms with Crippen LogP contribution in [0.1, 0.15) is 5.69 Å². The summed E-state index contributed by atoms with van der Waals surface area (Å²) in [6.45, 7) is 1.31. The monoisotopic (exact) mass is 304 g/mol. The Morgan fingerprint density at radius 1 is 1.00 bits per heavy atom. The number of hydrogen-bond donors (Lipinski definition) is 0. The van der Waals surface area contributed by atoms with Crippen molar-refractivity contribution in [3.8, 4) is 0 Å². The summed E-state index contributed by atoms with van der Waals surface area (Å²) in [5.41, 5.74) is 1.02. The van der Waals surface area contributed by atoms with Crippen LogP contribution in [-0.4, -0.2) is 44.2 Å². The van der Waals surface area contributed by atoms with Gasteiger partial charge in [-0.1, -0.05) is 24.3 Å². The normalized spacial score (nSPS) is 11.7. The van der Waals surface area contributed by atoms with Gasteiger partial charge in [-0.3, -0.25) is 4.98 Å². The number of sulfone groups is 1. The molecule has 21 heavy (non-hydrogen) atoms. The molecular weight excluding hydrogens is 284 g/mol. The summed E-state index contributed by atoms with van der Waals surface area (Å²) in [4.78, 5) is 6.68. The predicted molar refractivity (Wildman–Crippen MR) is 83.9 cm³/mol. The van der Waals surface area contributed by atoms with Gasteiger partial charge in [0.2, 0.25) is 0 Å². The summed E-state index contributed by atoms with van der Waals surface area (Å²) in [6.07, 6.45) is 2.60. The topological polar surface area (TPSA) is 50.3 Å². The smallest absolute Gasteiger partial charge is 0.179 e. The number of likely N-dealkylation sites (N-methyl/N-ethyl adjacent to an activating group) is 1. The van der Waals surface area contributed by atoms with E-state index in [4.69, 9.17) is 0 Å². The summed E-state index contributed by atoms with van der Waals surface area (Å²) in [5, 5.41) is 0. The van der Waals surface area contributed by atoms with E-state index in [1.54, 1.807) is 30.5 Å². The predicted octanol–water partition coefficient (Wildman–Crippen LogP) is 2.03. The van der Waals surface area contributed by atoms with Crippen molar-refractivity contribution in [2.45, 2.75) is 11.3 Å². The van der Waals surface area contributed by atoms with Crippen molar-refractivity contribution in [1.82, 2.24) is 9.88 Å². The first-order chi connectivity index (χ1) is 10.1. The van der Waals surface area contributed by atoms with Crippen molar-refractivity contribution in [2.24, 2.45) is 0 Å². The van der Waals surface area contributed by atoms with Crippen molar-refractivity contribution in [2.75, 3.05) is 25.9 Å². The van der Waals surface area contributed by atoms with Gasteiger partial charge in [0.25, 0.3) is 0 Å². The average Bonchev–Trinajstić information content (AvgIpc) is 2.53. The Kier molecular flexibility index (Phi) is 5.47. The van der Waals surface area contributed by atoms with E-state index in [-0.39, 0.29) is 5.75 Å². The number of rotatable bonds is 7. The van der Waals surface area contributed by atoms with E-state index in [1.165, 1.54) is 0 Å². The van der Waals surface area contributed by atoms with Crippen LogP contribution in [0.2, 0.25) is 0 Å². The Morgan fingerprint density at radius 2 is 1.71 bits per heavy atom. The van der Waals surface area contributed by atoms with Gasteiger partial charge >= 0.3 is 0 Å². The van der Waals surface area contributed by atoms with E-state index in [0.717, 1.165) is 18.7 Å². The quantitative estimate of drug-likeness (QED) is 0.785. The van der Waals surface area contributed by atoms with E-state index < -0.39 is 9.84 Å². The van der Waals surface area contributed by atoms with Crippen LogP contribution in [-0.2, 0) is 16.3 Å². The fourth-order valence-corrected chi connectivity index (χ4v) is 3.34. The number of nitrogens with zero attached hydrogens (tertiary/aromatic N) is 2. The van der Waals surface area contributed by atoms with Gasteiger partial charge in [-0.25, -0.2) is 8.42 Å². The lowest BCUT2D eigenvalue weighted by atomic mass is 10.2. The van der Waals surface area contributed by atoms with Crippen LogP contribution in [0.3, 0.4) is 0 Å². The highest BCUT2D eigenvalue weighted by Crippen LogP contribution is 2.10. The van der Waals surface area contributed by atoms with Gasteiger partial charge in [-0.15, -0.1) is 0 Å². The molecule has 1 heterocycles. The maximum absolute atomic E-state index is 12.2. The Balaban J connectivity index is 1.82. The van der Waals surface area contributed by atoms with Crippen LogP contribution in [0.5, 0.6) is 0 Å². The number of pyridine rings is 1. The fraction of sp³-hybridized carbons (Fsp3) is 0.312. The number of aromatic nitrogens is 1. The number of hydrogen-bond acceptors (Lipinski definition) is 4. The molecular formula is C16H20N2O2S. The molecule has 0 radical (unpaired) electrons.